The van der Waals surface area contributed by atoms with Crippen molar-refractivity contribution in [2.45, 2.75) is 51.6 Å². The number of carbonyl (C=O) groups excluding carboxylic acids is 1. The molecule has 1 amide bonds. The Morgan fingerprint density at radius 1 is 0.917 bits per heavy atom. The van der Waals surface area contributed by atoms with Gasteiger partial charge < -0.3 is 5.32 Å². The first-order valence-electron chi connectivity index (χ1n) is 12.1. The molecular weight excluding hydrogens is 488 g/mol. The highest BCUT2D eigenvalue weighted by molar-refractivity contribution is 7.99. The summed E-state index contributed by atoms with van der Waals surface area (Å²) in [6.45, 7) is 10.6. The van der Waals surface area contributed by atoms with Crippen LogP contribution in [0.15, 0.2) is 71.9 Å². The molecule has 5 nitrogen and oxygen atoms in total. The molecule has 0 aliphatic carbocycles. The Bertz CT molecular complexity index is 1360. The standard InChI is InChI=1S/C29H31ClN4OS/c1-18(2)23-10-6-7-12-25(23)34-28(21-13-15-22(30)16-14-21)32-33-29(34)36-17-26(35)31-27-20(5)9-8-11-24(27)19(3)4/h6-16,18-19H,17H2,1-5H3,(H,31,35). The molecule has 36 heavy (non-hydrogen) atoms. The number of aryl methyl sites for hydroxylation is 1. The minimum absolute atomic E-state index is 0.0732. The molecule has 0 saturated carbocycles. The number of hydrogen-bond donors (Lipinski definition) is 1. The van der Waals surface area contributed by atoms with Gasteiger partial charge in [0.25, 0.3) is 0 Å². The molecule has 186 valence electrons. The highest BCUT2D eigenvalue weighted by atomic mass is 35.5. The van der Waals surface area contributed by atoms with Gasteiger partial charge in [-0.2, -0.15) is 0 Å². The Labute approximate surface area is 222 Å². The number of hydrogen-bond acceptors (Lipinski definition) is 4. The van der Waals surface area contributed by atoms with E-state index in [4.69, 9.17) is 11.6 Å². The molecule has 0 unspecified atom stereocenters. The van der Waals surface area contributed by atoms with E-state index in [1.54, 1.807) is 0 Å². The number of halogens is 1. The van der Waals surface area contributed by atoms with Crippen LogP contribution >= 0.6 is 23.4 Å². The van der Waals surface area contributed by atoms with Crippen molar-refractivity contribution >= 4 is 35.0 Å². The van der Waals surface area contributed by atoms with Crippen molar-refractivity contribution in [3.63, 3.8) is 0 Å². The molecule has 0 bridgehead atoms. The van der Waals surface area contributed by atoms with Crippen LogP contribution in [0.4, 0.5) is 5.69 Å². The van der Waals surface area contributed by atoms with Crippen molar-refractivity contribution < 1.29 is 4.79 Å². The van der Waals surface area contributed by atoms with Gasteiger partial charge in [0.1, 0.15) is 0 Å². The van der Waals surface area contributed by atoms with Crippen molar-refractivity contribution in [1.29, 1.82) is 0 Å². The van der Waals surface area contributed by atoms with E-state index < -0.39 is 0 Å². The first kappa shape index (κ1) is 26.0. The zero-order valence-electron chi connectivity index (χ0n) is 21.2. The summed E-state index contributed by atoms with van der Waals surface area (Å²) in [6, 6.07) is 21.9. The number of rotatable bonds is 8. The summed E-state index contributed by atoms with van der Waals surface area (Å²) in [5, 5.41) is 13.5. The predicted octanol–water partition coefficient (Wildman–Crippen LogP) is 7.87. The molecule has 0 saturated heterocycles. The van der Waals surface area contributed by atoms with E-state index in [9.17, 15) is 4.79 Å². The Morgan fingerprint density at radius 3 is 2.28 bits per heavy atom. The van der Waals surface area contributed by atoms with Gasteiger partial charge in [0.2, 0.25) is 5.91 Å². The fourth-order valence-corrected chi connectivity index (χ4v) is 5.06. The summed E-state index contributed by atoms with van der Waals surface area (Å²) in [5.74, 6) is 1.47. The third-order valence-electron chi connectivity index (χ3n) is 6.06. The lowest BCUT2D eigenvalue weighted by atomic mass is 9.98. The average molecular weight is 519 g/mol. The van der Waals surface area contributed by atoms with E-state index >= 15 is 0 Å². The number of benzene rings is 3. The Kier molecular flexibility index (Phi) is 8.17. The highest BCUT2D eigenvalue weighted by Gasteiger charge is 2.21. The van der Waals surface area contributed by atoms with Crippen LogP contribution in [0.25, 0.3) is 17.1 Å². The van der Waals surface area contributed by atoms with Gasteiger partial charge in [-0.1, -0.05) is 87.5 Å². The van der Waals surface area contributed by atoms with Crippen LogP contribution in [-0.2, 0) is 4.79 Å². The zero-order valence-corrected chi connectivity index (χ0v) is 22.8. The lowest BCUT2D eigenvalue weighted by molar-refractivity contribution is -0.113. The summed E-state index contributed by atoms with van der Waals surface area (Å²) in [4.78, 5) is 13.0. The first-order chi connectivity index (χ1) is 17.3. The Morgan fingerprint density at radius 2 is 1.58 bits per heavy atom. The molecule has 0 atom stereocenters. The van der Waals surface area contributed by atoms with Crippen LogP contribution in [0, 0.1) is 6.92 Å². The van der Waals surface area contributed by atoms with Crippen molar-refractivity contribution in [3.8, 4) is 17.1 Å². The van der Waals surface area contributed by atoms with Gasteiger partial charge in [0.15, 0.2) is 11.0 Å². The predicted molar refractivity (Wildman–Crippen MR) is 151 cm³/mol. The molecular formula is C29H31ClN4OS. The summed E-state index contributed by atoms with van der Waals surface area (Å²) in [7, 11) is 0. The molecule has 0 aliphatic rings. The second kappa shape index (κ2) is 11.3. The SMILES string of the molecule is Cc1cccc(C(C)C)c1NC(=O)CSc1nnc(-c2ccc(Cl)cc2)n1-c1ccccc1C(C)C. The first-order valence-corrected chi connectivity index (χ1v) is 13.5. The van der Waals surface area contributed by atoms with Crippen LogP contribution < -0.4 is 5.32 Å². The third-order valence-corrected chi connectivity index (χ3v) is 7.24. The molecule has 0 fully saturated rings. The lowest BCUT2D eigenvalue weighted by Gasteiger charge is -2.18. The fourth-order valence-electron chi connectivity index (χ4n) is 4.19. The van der Waals surface area contributed by atoms with Gasteiger partial charge >= 0.3 is 0 Å². The van der Waals surface area contributed by atoms with E-state index in [0.29, 0.717) is 27.8 Å². The number of nitrogens with zero attached hydrogens (tertiary/aromatic N) is 3. The minimum atomic E-state index is -0.0732. The molecule has 1 aromatic heterocycles. The number of amides is 1. The number of anilines is 1. The fraction of sp³-hybridized carbons (Fsp3) is 0.276. The van der Waals surface area contributed by atoms with Gasteiger partial charge in [0.05, 0.1) is 11.4 Å². The molecule has 0 aliphatic heterocycles. The van der Waals surface area contributed by atoms with Gasteiger partial charge in [0, 0.05) is 16.3 Å². The normalized spacial score (nSPS) is 11.3. The molecule has 0 radical (unpaired) electrons. The molecule has 3 aromatic carbocycles. The van der Waals surface area contributed by atoms with Gasteiger partial charge in [-0.05, 0) is 65.8 Å². The van der Waals surface area contributed by atoms with Crippen LogP contribution in [0.1, 0.15) is 56.2 Å². The number of aromatic nitrogens is 3. The smallest absolute Gasteiger partial charge is 0.234 e. The van der Waals surface area contributed by atoms with Crippen molar-refractivity contribution in [3.05, 3.63) is 88.4 Å². The molecule has 4 rings (SSSR count). The summed E-state index contributed by atoms with van der Waals surface area (Å²) in [5.41, 5.74) is 6.17. The van der Waals surface area contributed by atoms with E-state index in [0.717, 1.165) is 28.1 Å². The summed E-state index contributed by atoms with van der Waals surface area (Å²) in [6.07, 6.45) is 0. The second-order valence-corrected chi connectivity index (χ2v) is 10.8. The number of carbonyl (C=O) groups is 1. The van der Waals surface area contributed by atoms with Crippen molar-refractivity contribution in [2.75, 3.05) is 11.1 Å². The average Bonchev–Trinajstić information content (AvgIpc) is 3.28. The maximum absolute atomic E-state index is 13.0. The zero-order chi connectivity index (χ0) is 25.8. The largest absolute Gasteiger partial charge is 0.325 e. The van der Waals surface area contributed by atoms with Crippen LogP contribution in [0.2, 0.25) is 5.02 Å². The maximum Gasteiger partial charge on any atom is 0.234 e. The Balaban J connectivity index is 1.67. The van der Waals surface area contributed by atoms with Crippen LogP contribution in [0.5, 0.6) is 0 Å². The third kappa shape index (κ3) is 5.66. The van der Waals surface area contributed by atoms with Crippen LogP contribution in [0.3, 0.4) is 0 Å². The second-order valence-electron chi connectivity index (χ2n) is 9.39. The van der Waals surface area contributed by atoms with Gasteiger partial charge in [-0.25, -0.2) is 0 Å². The summed E-state index contributed by atoms with van der Waals surface area (Å²) >= 11 is 7.51. The van der Waals surface area contributed by atoms with Crippen LogP contribution in [-0.4, -0.2) is 26.4 Å². The highest BCUT2D eigenvalue weighted by Crippen LogP contribution is 2.33. The number of para-hydroxylation sites is 2. The molecule has 4 aromatic rings. The van der Waals surface area contributed by atoms with E-state index in [1.807, 2.05) is 60.0 Å². The molecule has 1 N–H and O–H groups in total. The number of nitrogens with one attached hydrogen (secondary N) is 1. The van der Waals surface area contributed by atoms with E-state index in [1.165, 1.54) is 17.3 Å². The quantitative estimate of drug-likeness (QED) is 0.241. The topological polar surface area (TPSA) is 59.8 Å². The minimum Gasteiger partial charge on any atom is -0.325 e. The molecule has 7 heteroatoms. The molecule has 1 heterocycles. The molecule has 0 spiro atoms. The monoisotopic (exact) mass is 518 g/mol. The van der Waals surface area contributed by atoms with E-state index in [2.05, 4.69) is 61.4 Å². The van der Waals surface area contributed by atoms with E-state index in [-0.39, 0.29) is 11.7 Å². The van der Waals surface area contributed by atoms with Gasteiger partial charge in [-0.3, -0.25) is 9.36 Å². The van der Waals surface area contributed by atoms with Gasteiger partial charge in [-0.15, -0.1) is 10.2 Å². The summed E-state index contributed by atoms with van der Waals surface area (Å²) < 4.78 is 2.05. The number of thioether (sulfide) groups is 1. The maximum atomic E-state index is 13.0. The van der Waals surface area contributed by atoms with Crippen molar-refractivity contribution in [2.24, 2.45) is 0 Å². The van der Waals surface area contributed by atoms with Crippen molar-refractivity contribution in [1.82, 2.24) is 14.8 Å². The Hall–Kier alpha value is -3.09. The lowest BCUT2D eigenvalue weighted by Crippen LogP contribution is -2.17.